The average Bonchev–Trinajstić information content (AvgIpc) is 2.20. The van der Waals surface area contributed by atoms with E-state index in [4.69, 9.17) is 0 Å². The molecule has 0 spiro atoms. The number of rotatable bonds is 2. The van der Waals surface area contributed by atoms with Crippen molar-refractivity contribution >= 4 is 0 Å². The fourth-order valence-corrected chi connectivity index (χ4v) is 0.905. The molecule has 1 aromatic heterocycles. The third kappa shape index (κ3) is 1.17. The quantitative estimate of drug-likeness (QED) is 0.612. The van der Waals surface area contributed by atoms with Crippen molar-refractivity contribution < 1.29 is 4.39 Å². The van der Waals surface area contributed by atoms with E-state index in [0.29, 0.717) is 5.56 Å². The SMILES string of the molecule is CCCc1cnn(C)c1F. The van der Waals surface area contributed by atoms with Crippen molar-refractivity contribution in [2.45, 2.75) is 19.8 Å². The van der Waals surface area contributed by atoms with Crippen LogP contribution in [-0.2, 0) is 13.5 Å². The van der Waals surface area contributed by atoms with Gasteiger partial charge in [-0.2, -0.15) is 9.49 Å². The molecule has 56 valence electrons. The van der Waals surface area contributed by atoms with Gasteiger partial charge in [-0.25, -0.2) is 4.68 Å². The van der Waals surface area contributed by atoms with Crippen molar-refractivity contribution in [1.29, 1.82) is 0 Å². The molecular formula is C7H11FN2. The van der Waals surface area contributed by atoms with Crippen molar-refractivity contribution in [2.75, 3.05) is 0 Å². The molecule has 0 aliphatic rings. The van der Waals surface area contributed by atoms with Gasteiger partial charge >= 0.3 is 0 Å². The van der Waals surface area contributed by atoms with Crippen LogP contribution in [0.15, 0.2) is 6.20 Å². The van der Waals surface area contributed by atoms with Gasteiger partial charge in [0.05, 0.1) is 6.20 Å². The van der Waals surface area contributed by atoms with E-state index in [1.54, 1.807) is 13.2 Å². The summed E-state index contributed by atoms with van der Waals surface area (Å²) in [5.41, 5.74) is 0.713. The van der Waals surface area contributed by atoms with E-state index in [1.165, 1.54) is 4.68 Å². The second-order valence-electron chi connectivity index (χ2n) is 2.33. The number of nitrogens with zero attached hydrogens (tertiary/aromatic N) is 2. The molecule has 0 bridgehead atoms. The van der Waals surface area contributed by atoms with Gasteiger partial charge in [0.1, 0.15) is 0 Å². The Morgan fingerprint density at radius 2 is 2.40 bits per heavy atom. The average molecular weight is 142 g/mol. The molecule has 1 heterocycles. The van der Waals surface area contributed by atoms with Crippen LogP contribution < -0.4 is 0 Å². The van der Waals surface area contributed by atoms with Crippen molar-refractivity contribution in [1.82, 2.24) is 9.78 Å². The normalized spacial score (nSPS) is 10.3. The molecule has 10 heavy (non-hydrogen) atoms. The minimum Gasteiger partial charge on any atom is -0.243 e. The third-order valence-electron chi connectivity index (χ3n) is 1.46. The van der Waals surface area contributed by atoms with Gasteiger partial charge in [0.25, 0.3) is 0 Å². The molecule has 0 fully saturated rings. The summed E-state index contributed by atoms with van der Waals surface area (Å²) in [4.78, 5) is 0. The van der Waals surface area contributed by atoms with E-state index in [1.807, 2.05) is 6.92 Å². The Bertz CT molecular complexity index is 217. The zero-order chi connectivity index (χ0) is 7.56. The highest BCUT2D eigenvalue weighted by Crippen LogP contribution is 2.06. The largest absolute Gasteiger partial charge is 0.243 e. The molecule has 0 aliphatic carbocycles. The van der Waals surface area contributed by atoms with Gasteiger partial charge in [-0.05, 0) is 6.42 Å². The Balaban J connectivity index is 2.83. The number of halogens is 1. The van der Waals surface area contributed by atoms with E-state index in [-0.39, 0.29) is 5.95 Å². The van der Waals surface area contributed by atoms with Gasteiger partial charge in [-0.3, -0.25) is 0 Å². The predicted molar refractivity (Wildman–Crippen MR) is 37.2 cm³/mol. The highest BCUT2D eigenvalue weighted by molar-refractivity contribution is 5.06. The molecule has 0 unspecified atom stereocenters. The molecule has 0 N–H and O–H groups in total. The van der Waals surface area contributed by atoms with Crippen molar-refractivity contribution in [3.63, 3.8) is 0 Å². The number of hydrogen-bond donors (Lipinski definition) is 0. The monoisotopic (exact) mass is 142 g/mol. The zero-order valence-electron chi connectivity index (χ0n) is 6.26. The van der Waals surface area contributed by atoms with Crippen LogP contribution in [0.4, 0.5) is 4.39 Å². The number of aromatic nitrogens is 2. The Labute approximate surface area is 59.7 Å². The molecule has 1 aromatic rings. The minimum absolute atomic E-state index is 0.207. The second kappa shape index (κ2) is 2.82. The Morgan fingerprint density at radius 1 is 1.70 bits per heavy atom. The van der Waals surface area contributed by atoms with E-state index in [2.05, 4.69) is 5.10 Å². The first-order chi connectivity index (χ1) is 4.75. The van der Waals surface area contributed by atoms with Gasteiger partial charge in [0.2, 0.25) is 5.95 Å². The van der Waals surface area contributed by atoms with Crippen molar-refractivity contribution in [3.05, 3.63) is 17.7 Å². The van der Waals surface area contributed by atoms with Crippen LogP contribution >= 0.6 is 0 Å². The lowest BCUT2D eigenvalue weighted by Crippen LogP contribution is -1.95. The van der Waals surface area contributed by atoms with Gasteiger partial charge in [0.15, 0.2) is 0 Å². The summed E-state index contributed by atoms with van der Waals surface area (Å²) >= 11 is 0. The van der Waals surface area contributed by atoms with Gasteiger partial charge < -0.3 is 0 Å². The fourth-order valence-electron chi connectivity index (χ4n) is 0.905. The third-order valence-corrected chi connectivity index (χ3v) is 1.46. The minimum atomic E-state index is -0.207. The van der Waals surface area contributed by atoms with E-state index >= 15 is 0 Å². The molecule has 0 saturated heterocycles. The second-order valence-corrected chi connectivity index (χ2v) is 2.33. The highest BCUT2D eigenvalue weighted by Gasteiger charge is 2.04. The van der Waals surface area contributed by atoms with Crippen molar-refractivity contribution in [3.8, 4) is 0 Å². The molecule has 2 nitrogen and oxygen atoms in total. The Morgan fingerprint density at radius 3 is 2.80 bits per heavy atom. The lowest BCUT2D eigenvalue weighted by Gasteiger charge is -1.91. The fraction of sp³-hybridized carbons (Fsp3) is 0.571. The zero-order valence-corrected chi connectivity index (χ0v) is 6.26. The van der Waals surface area contributed by atoms with Crippen LogP contribution in [-0.4, -0.2) is 9.78 Å². The Kier molecular flexibility index (Phi) is 2.04. The van der Waals surface area contributed by atoms with Gasteiger partial charge in [-0.15, -0.1) is 0 Å². The summed E-state index contributed by atoms with van der Waals surface area (Å²) < 4.78 is 14.1. The summed E-state index contributed by atoms with van der Waals surface area (Å²) in [5.74, 6) is -0.207. The van der Waals surface area contributed by atoms with E-state index in [0.717, 1.165) is 12.8 Å². The van der Waals surface area contributed by atoms with Gasteiger partial charge in [-0.1, -0.05) is 13.3 Å². The summed E-state index contributed by atoms with van der Waals surface area (Å²) in [7, 11) is 1.61. The highest BCUT2D eigenvalue weighted by atomic mass is 19.1. The smallest absolute Gasteiger partial charge is 0.214 e. The molecule has 0 atom stereocenters. The van der Waals surface area contributed by atoms with Crippen LogP contribution in [0.25, 0.3) is 0 Å². The first-order valence-corrected chi connectivity index (χ1v) is 3.42. The molecule has 1 rings (SSSR count). The lowest BCUT2D eigenvalue weighted by molar-refractivity contribution is 0.494. The molecule has 3 heteroatoms. The Hall–Kier alpha value is -0.860. The standard InChI is InChI=1S/C7H11FN2/c1-3-4-6-5-9-10(2)7(6)8/h5H,3-4H2,1-2H3. The molecule has 0 aliphatic heterocycles. The number of hydrogen-bond acceptors (Lipinski definition) is 1. The summed E-state index contributed by atoms with van der Waals surface area (Å²) in [5, 5.41) is 3.78. The van der Waals surface area contributed by atoms with Gasteiger partial charge in [0, 0.05) is 12.6 Å². The summed E-state index contributed by atoms with van der Waals surface area (Å²) in [6.45, 7) is 2.02. The van der Waals surface area contributed by atoms with E-state index in [9.17, 15) is 4.39 Å². The first-order valence-electron chi connectivity index (χ1n) is 3.42. The maximum Gasteiger partial charge on any atom is 0.214 e. The van der Waals surface area contributed by atoms with Crippen molar-refractivity contribution in [2.24, 2.45) is 7.05 Å². The lowest BCUT2D eigenvalue weighted by atomic mass is 10.2. The summed E-state index contributed by atoms with van der Waals surface area (Å²) in [6, 6.07) is 0. The van der Waals surface area contributed by atoms with Crippen LogP contribution in [0.2, 0.25) is 0 Å². The number of aryl methyl sites for hydroxylation is 2. The van der Waals surface area contributed by atoms with Crippen LogP contribution in [0.3, 0.4) is 0 Å². The maximum atomic E-state index is 12.8. The van der Waals surface area contributed by atoms with E-state index < -0.39 is 0 Å². The van der Waals surface area contributed by atoms with Crippen LogP contribution in [0.5, 0.6) is 0 Å². The predicted octanol–water partition coefficient (Wildman–Crippen LogP) is 1.51. The molecule has 0 aromatic carbocycles. The van der Waals surface area contributed by atoms with Crippen LogP contribution in [0.1, 0.15) is 18.9 Å². The topological polar surface area (TPSA) is 17.8 Å². The molecule has 0 amide bonds. The summed E-state index contributed by atoms with van der Waals surface area (Å²) in [6.07, 6.45) is 3.32. The molecular weight excluding hydrogens is 131 g/mol. The molecule has 0 saturated carbocycles. The maximum absolute atomic E-state index is 12.8. The first kappa shape index (κ1) is 7.25. The van der Waals surface area contributed by atoms with Crippen LogP contribution in [0, 0.1) is 5.95 Å². The molecule has 0 radical (unpaired) electrons.